The Hall–Kier alpha value is -3.23. The fourth-order valence-electron chi connectivity index (χ4n) is 2.27. The largest absolute Gasteiger partial charge is 0.461 e. The van der Waals surface area contributed by atoms with Crippen molar-refractivity contribution in [2.24, 2.45) is 0 Å². The van der Waals surface area contributed by atoms with E-state index in [9.17, 15) is 19.7 Å². The zero-order chi connectivity index (χ0) is 18.4. The van der Waals surface area contributed by atoms with Crippen molar-refractivity contribution in [3.8, 4) is 0 Å². The number of rotatable bonds is 7. The van der Waals surface area contributed by atoms with Gasteiger partial charge in [0.2, 0.25) is 0 Å². The summed E-state index contributed by atoms with van der Waals surface area (Å²) < 4.78 is 11.2. The lowest BCUT2D eigenvalue weighted by atomic mass is 10.1. The molecule has 0 radical (unpaired) electrons. The molecule has 0 aliphatic rings. The summed E-state index contributed by atoms with van der Waals surface area (Å²) in [6.07, 6.45) is 1.26. The first kappa shape index (κ1) is 18.1. The van der Waals surface area contributed by atoms with Crippen molar-refractivity contribution in [2.75, 3.05) is 13.2 Å². The van der Waals surface area contributed by atoms with Crippen LogP contribution in [-0.4, -0.2) is 39.6 Å². The molecule has 0 aliphatic carbocycles. The predicted octanol–water partition coefficient (Wildman–Crippen LogP) is 2.19. The minimum atomic E-state index is -0.758. The van der Waals surface area contributed by atoms with Gasteiger partial charge in [-0.3, -0.25) is 10.1 Å². The van der Waals surface area contributed by atoms with Gasteiger partial charge in [-0.25, -0.2) is 14.6 Å². The lowest BCUT2D eigenvalue weighted by molar-refractivity contribution is -0.385. The Morgan fingerprint density at radius 3 is 2.44 bits per heavy atom. The summed E-state index contributed by atoms with van der Waals surface area (Å²) in [4.78, 5) is 38.8. The highest BCUT2D eigenvalue weighted by atomic mass is 16.6. The summed E-state index contributed by atoms with van der Waals surface area (Å²) >= 11 is 0. The van der Waals surface area contributed by atoms with Crippen molar-refractivity contribution in [1.29, 1.82) is 0 Å². The number of benzene rings is 1. The highest BCUT2D eigenvalue weighted by molar-refractivity contribution is 6.00. The van der Waals surface area contributed by atoms with Crippen molar-refractivity contribution in [2.45, 2.75) is 20.4 Å². The van der Waals surface area contributed by atoms with Gasteiger partial charge in [0.15, 0.2) is 11.4 Å². The summed E-state index contributed by atoms with van der Waals surface area (Å²) in [5, 5.41) is 11.1. The van der Waals surface area contributed by atoms with Crippen molar-refractivity contribution >= 4 is 17.6 Å². The first-order chi connectivity index (χ1) is 12.0. The van der Waals surface area contributed by atoms with Crippen molar-refractivity contribution in [3.05, 3.63) is 57.7 Å². The van der Waals surface area contributed by atoms with Gasteiger partial charge in [0.25, 0.3) is 5.69 Å². The second-order valence-electron chi connectivity index (χ2n) is 4.90. The third kappa shape index (κ3) is 4.00. The number of imidazole rings is 1. The Morgan fingerprint density at radius 1 is 1.16 bits per heavy atom. The maximum atomic E-state index is 12.2. The number of hydrogen-bond acceptors (Lipinski definition) is 7. The molecule has 0 saturated carbocycles. The standard InChI is InChI=1S/C16H17N3O6/c1-3-24-15(20)13-14(16(21)25-4-2)18(10-17-13)9-11-7-5-6-8-12(11)19(22)23/h5-8,10H,3-4,9H2,1-2H3. The van der Waals surface area contributed by atoms with Gasteiger partial charge in [0.1, 0.15) is 0 Å². The number of ether oxygens (including phenoxy) is 2. The number of hydrogen-bond donors (Lipinski definition) is 0. The van der Waals surface area contributed by atoms with Crippen LogP contribution < -0.4 is 0 Å². The zero-order valence-electron chi connectivity index (χ0n) is 13.8. The van der Waals surface area contributed by atoms with Crippen LogP contribution in [0.3, 0.4) is 0 Å². The van der Waals surface area contributed by atoms with Gasteiger partial charge >= 0.3 is 11.9 Å². The molecule has 0 bridgehead atoms. The molecule has 0 unspecified atom stereocenters. The van der Waals surface area contributed by atoms with Crippen molar-refractivity contribution < 1.29 is 24.0 Å². The molecule has 0 atom stereocenters. The fraction of sp³-hybridized carbons (Fsp3) is 0.312. The summed E-state index contributed by atoms with van der Waals surface area (Å²) in [6, 6.07) is 6.13. The number of nitrogens with zero attached hydrogens (tertiary/aromatic N) is 3. The summed E-state index contributed by atoms with van der Waals surface area (Å²) in [5.41, 5.74) is -0.00751. The van der Waals surface area contributed by atoms with E-state index in [-0.39, 0.29) is 36.8 Å². The van der Waals surface area contributed by atoms with Gasteiger partial charge in [0, 0.05) is 11.6 Å². The molecule has 0 aliphatic heterocycles. The molecule has 132 valence electrons. The Labute approximate surface area is 143 Å². The van der Waals surface area contributed by atoms with Gasteiger partial charge < -0.3 is 14.0 Å². The third-order valence-electron chi connectivity index (χ3n) is 3.30. The molecule has 1 heterocycles. The van der Waals surface area contributed by atoms with E-state index in [1.807, 2.05) is 0 Å². The van der Waals surface area contributed by atoms with E-state index in [4.69, 9.17) is 9.47 Å². The molecule has 1 aromatic heterocycles. The predicted molar refractivity (Wildman–Crippen MR) is 86.3 cm³/mol. The van der Waals surface area contributed by atoms with Crippen LogP contribution in [-0.2, 0) is 16.0 Å². The van der Waals surface area contributed by atoms with E-state index in [0.717, 1.165) is 0 Å². The average molecular weight is 347 g/mol. The maximum absolute atomic E-state index is 12.2. The maximum Gasteiger partial charge on any atom is 0.359 e. The Kier molecular flexibility index (Phi) is 5.83. The molecule has 0 amide bonds. The van der Waals surface area contributed by atoms with Crippen LogP contribution in [0.15, 0.2) is 30.6 Å². The van der Waals surface area contributed by atoms with E-state index in [2.05, 4.69) is 4.98 Å². The van der Waals surface area contributed by atoms with E-state index in [1.54, 1.807) is 32.0 Å². The second kappa shape index (κ2) is 8.04. The van der Waals surface area contributed by atoms with Crippen LogP contribution in [0.2, 0.25) is 0 Å². The molecule has 0 N–H and O–H groups in total. The van der Waals surface area contributed by atoms with Gasteiger partial charge in [-0.15, -0.1) is 0 Å². The first-order valence-electron chi connectivity index (χ1n) is 7.61. The molecule has 25 heavy (non-hydrogen) atoms. The summed E-state index contributed by atoms with van der Waals surface area (Å²) in [5.74, 6) is -1.51. The highest BCUT2D eigenvalue weighted by Crippen LogP contribution is 2.21. The van der Waals surface area contributed by atoms with E-state index in [0.29, 0.717) is 5.56 Å². The van der Waals surface area contributed by atoms with Crippen LogP contribution in [0, 0.1) is 10.1 Å². The highest BCUT2D eigenvalue weighted by Gasteiger charge is 2.27. The molecule has 0 saturated heterocycles. The number of para-hydroxylation sites is 1. The second-order valence-corrected chi connectivity index (χ2v) is 4.90. The summed E-state index contributed by atoms with van der Waals surface area (Å²) in [7, 11) is 0. The van der Waals surface area contributed by atoms with Gasteiger partial charge in [-0.1, -0.05) is 18.2 Å². The van der Waals surface area contributed by atoms with Gasteiger partial charge in [-0.2, -0.15) is 0 Å². The topological polar surface area (TPSA) is 114 Å². The van der Waals surface area contributed by atoms with E-state index in [1.165, 1.54) is 17.0 Å². The quantitative estimate of drug-likeness (QED) is 0.428. The van der Waals surface area contributed by atoms with Gasteiger partial charge in [0.05, 0.1) is 31.0 Å². The molecular weight excluding hydrogens is 330 g/mol. The number of nitro groups is 1. The normalized spacial score (nSPS) is 10.3. The third-order valence-corrected chi connectivity index (χ3v) is 3.30. The monoisotopic (exact) mass is 347 g/mol. The van der Waals surface area contributed by atoms with Crippen molar-refractivity contribution in [1.82, 2.24) is 9.55 Å². The van der Waals surface area contributed by atoms with Crippen molar-refractivity contribution in [3.63, 3.8) is 0 Å². The molecule has 0 spiro atoms. The zero-order valence-corrected chi connectivity index (χ0v) is 13.8. The Morgan fingerprint density at radius 2 is 1.80 bits per heavy atom. The molecular formula is C16H17N3O6. The lowest BCUT2D eigenvalue weighted by Gasteiger charge is -2.09. The number of carbonyl (C=O) groups excluding carboxylic acids is 2. The van der Waals surface area contributed by atoms with Gasteiger partial charge in [-0.05, 0) is 13.8 Å². The number of nitro benzene ring substituents is 1. The minimum absolute atomic E-state index is 0.0162. The summed E-state index contributed by atoms with van der Waals surface area (Å²) in [6.45, 7) is 3.48. The minimum Gasteiger partial charge on any atom is -0.461 e. The first-order valence-corrected chi connectivity index (χ1v) is 7.61. The smallest absolute Gasteiger partial charge is 0.359 e. The van der Waals surface area contributed by atoms with Crippen LogP contribution in [0.1, 0.15) is 40.4 Å². The molecule has 2 aromatic rings. The fourth-order valence-corrected chi connectivity index (χ4v) is 2.27. The number of aromatic nitrogens is 2. The number of esters is 2. The molecule has 2 rings (SSSR count). The van der Waals surface area contributed by atoms with Crippen LogP contribution >= 0.6 is 0 Å². The Balaban J connectivity index is 2.46. The molecule has 9 heteroatoms. The lowest BCUT2D eigenvalue weighted by Crippen LogP contribution is -2.18. The molecule has 9 nitrogen and oxygen atoms in total. The Bertz CT molecular complexity index is 799. The number of carbonyl (C=O) groups is 2. The SMILES string of the molecule is CCOC(=O)c1ncn(Cc2ccccc2[N+](=O)[O-])c1C(=O)OCC. The molecule has 1 aromatic carbocycles. The van der Waals surface area contributed by atoms with Crippen LogP contribution in [0.25, 0.3) is 0 Å². The van der Waals surface area contributed by atoms with E-state index < -0.39 is 16.9 Å². The molecule has 0 fully saturated rings. The van der Waals surface area contributed by atoms with E-state index >= 15 is 0 Å². The average Bonchev–Trinajstić information content (AvgIpc) is 2.99. The van der Waals surface area contributed by atoms with Crippen LogP contribution in [0.4, 0.5) is 5.69 Å². The van der Waals surface area contributed by atoms with Crippen LogP contribution in [0.5, 0.6) is 0 Å².